The van der Waals surface area contributed by atoms with Gasteiger partial charge in [0.1, 0.15) is 11.1 Å². The van der Waals surface area contributed by atoms with Crippen molar-refractivity contribution in [2.75, 3.05) is 0 Å². The monoisotopic (exact) mass is 324 g/mol. The average Bonchev–Trinajstić information content (AvgIpc) is 2.85. The molecule has 3 heterocycles. The molecule has 0 bridgehead atoms. The van der Waals surface area contributed by atoms with Crippen LogP contribution in [0.15, 0.2) is 63.7 Å². The third-order valence-corrected chi connectivity index (χ3v) is 3.71. The van der Waals surface area contributed by atoms with E-state index in [2.05, 4.69) is 25.9 Å². The quantitative estimate of drug-likeness (QED) is 0.504. The minimum Gasteiger partial charge on any atom is -0.454 e. The number of halogens is 1. The van der Waals surface area contributed by atoms with Gasteiger partial charge in [0.05, 0.1) is 5.69 Å². The van der Waals surface area contributed by atoms with E-state index in [0.29, 0.717) is 0 Å². The number of nitrogens with zero attached hydrogens (tertiary/aromatic N) is 2. The summed E-state index contributed by atoms with van der Waals surface area (Å²) in [7, 11) is 0. The molecule has 1 aromatic carbocycles. The molecular formula is C16H9BrN2O. The summed E-state index contributed by atoms with van der Waals surface area (Å²) in [6, 6.07) is 13.8. The van der Waals surface area contributed by atoms with Gasteiger partial charge in [0.25, 0.3) is 0 Å². The van der Waals surface area contributed by atoms with Crippen LogP contribution in [0.1, 0.15) is 0 Å². The Labute approximate surface area is 123 Å². The maximum absolute atomic E-state index is 5.84. The molecule has 0 aliphatic rings. The third kappa shape index (κ3) is 1.80. The molecule has 0 unspecified atom stereocenters. The van der Waals surface area contributed by atoms with Crippen molar-refractivity contribution < 1.29 is 4.42 Å². The summed E-state index contributed by atoms with van der Waals surface area (Å²) in [6.07, 6.45) is 3.61. The number of hydrogen-bond donors (Lipinski definition) is 0. The second-order valence-electron chi connectivity index (χ2n) is 4.53. The van der Waals surface area contributed by atoms with Crippen LogP contribution in [0.25, 0.3) is 33.3 Å². The van der Waals surface area contributed by atoms with Crippen LogP contribution < -0.4 is 0 Å². The fourth-order valence-electron chi connectivity index (χ4n) is 2.28. The summed E-state index contributed by atoms with van der Waals surface area (Å²) in [6.45, 7) is 0. The van der Waals surface area contributed by atoms with Gasteiger partial charge < -0.3 is 4.42 Å². The first kappa shape index (κ1) is 11.6. The molecular weight excluding hydrogens is 316 g/mol. The molecule has 0 aliphatic carbocycles. The first-order valence-electron chi connectivity index (χ1n) is 6.20. The second-order valence-corrected chi connectivity index (χ2v) is 5.45. The van der Waals surface area contributed by atoms with Crippen LogP contribution in [-0.2, 0) is 0 Å². The van der Waals surface area contributed by atoms with E-state index in [1.54, 1.807) is 6.20 Å². The number of rotatable bonds is 1. The average molecular weight is 325 g/mol. The van der Waals surface area contributed by atoms with Crippen molar-refractivity contribution in [3.8, 4) is 11.3 Å². The van der Waals surface area contributed by atoms with E-state index in [9.17, 15) is 0 Å². The van der Waals surface area contributed by atoms with Crippen molar-refractivity contribution >= 4 is 38.0 Å². The Balaban J connectivity index is 1.94. The Kier molecular flexibility index (Phi) is 2.57. The van der Waals surface area contributed by atoms with Crippen LogP contribution in [0.5, 0.6) is 0 Å². The Bertz CT molecular complexity index is 913. The summed E-state index contributed by atoms with van der Waals surface area (Å²) in [5.41, 5.74) is 4.36. The lowest BCUT2D eigenvalue weighted by Gasteiger charge is -2.00. The Morgan fingerprint density at radius 2 is 1.80 bits per heavy atom. The fraction of sp³-hybridized carbons (Fsp3) is 0. The van der Waals surface area contributed by atoms with Crippen LogP contribution in [0, 0.1) is 0 Å². The summed E-state index contributed by atoms with van der Waals surface area (Å²) in [4.78, 5) is 8.90. The topological polar surface area (TPSA) is 38.9 Å². The van der Waals surface area contributed by atoms with Gasteiger partial charge in [-0.25, -0.2) is 0 Å². The molecule has 0 N–H and O–H groups in total. The predicted octanol–water partition coefficient (Wildman–Crippen LogP) is 4.81. The van der Waals surface area contributed by atoms with Crippen molar-refractivity contribution in [2.24, 2.45) is 0 Å². The number of furan rings is 1. The van der Waals surface area contributed by atoms with Gasteiger partial charge in [-0.1, -0.05) is 12.1 Å². The maximum Gasteiger partial charge on any atom is 0.154 e. The van der Waals surface area contributed by atoms with E-state index in [1.807, 2.05) is 48.7 Å². The lowest BCUT2D eigenvalue weighted by molar-refractivity contribution is 0.668. The first-order chi connectivity index (χ1) is 9.81. The summed E-state index contributed by atoms with van der Waals surface area (Å²) >= 11 is 3.38. The minimum absolute atomic E-state index is 0.786. The zero-order valence-electron chi connectivity index (χ0n) is 10.4. The Morgan fingerprint density at radius 3 is 2.65 bits per heavy atom. The number of hydrogen-bond acceptors (Lipinski definition) is 3. The van der Waals surface area contributed by atoms with Crippen LogP contribution in [0.4, 0.5) is 0 Å². The molecule has 4 rings (SSSR count). The van der Waals surface area contributed by atoms with E-state index < -0.39 is 0 Å². The van der Waals surface area contributed by atoms with E-state index in [0.717, 1.165) is 37.8 Å². The summed E-state index contributed by atoms with van der Waals surface area (Å²) in [5.74, 6) is 0. The number of pyridine rings is 2. The van der Waals surface area contributed by atoms with E-state index >= 15 is 0 Å². The molecule has 4 heteroatoms. The van der Waals surface area contributed by atoms with Gasteiger partial charge in [-0.15, -0.1) is 0 Å². The highest BCUT2D eigenvalue weighted by atomic mass is 79.9. The van der Waals surface area contributed by atoms with Gasteiger partial charge in [0, 0.05) is 27.8 Å². The van der Waals surface area contributed by atoms with E-state index in [1.165, 1.54) is 0 Å². The fourth-order valence-corrected chi connectivity index (χ4v) is 2.52. The van der Waals surface area contributed by atoms with Crippen molar-refractivity contribution in [1.82, 2.24) is 9.97 Å². The summed E-state index contributed by atoms with van der Waals surface area (Å²) in [5, 5.41) is 1.04. The van der Waals surface area contributed by atoms with Gasteiger partial charge in [-0.2, -0.15) is 0 Å². The minimum atomic E-state index is 0.786. The van der Waals surface area contributed by atoms with Gasteiger partial charge in [-0.05, 0) is 46.3 Å². The standard InChI is InChI=1S/C16H9BrN2O/c17-11-5-6-13(18-9-11)10-7-15-16(19-8-10)12-3-1-2-4-14(12)20-15/h1-9H. The molecule has 0 fully saturated rings. The molecule has 0 radical (unpaired) electrons. The number of aromatic nitrogens is 2. The van der Waals surface area contributed by atoms with Crippen LogP contribution in [0.2, 0.25) is 0 Å². The second kappa shape index (κ2) is 4.42. The molecule has 3 aromatic heterocycles. The predicted molar refractivity (Wildman–Crippen MR) is 82.4 cm³/mol. The largest absolute Gasteiger partial charge is 0.454 e. The normalized spacial score (nSPS) is 11.2. The van der Waals surface area contributed by atoms with Crippen LogP contribution in [-0.4, -0.2) is 9.97 Å². The molecule has 0 saturated heterocycles. The molecule has 0 aliphatic heterocycles. The van der Waals surface area contributed by atoms with Gasteiger partial charge in [0.15, 0.2) is 5.58 Å². The lowest BCUT2D eigenvalue weighted by Crippen LogP contribution is -1.84. The molecule has 0 atom stereocenters. The van der Waals surface area contributed by atoms with Crippen molar-refractivity contribution in [3.05, 3.63) is 59.3 Å². The van der Waals surface area contributed by atoms with Crippen molar-refractivity contribution in [2.45, 2.75) is 0 Å². The van der Waals surface area contributed by atoms with E-state index in [4.69, 9.17) is 4.42 Å². The Hall–Kier alpha value is -2.20. The SMILES string of the molecule is Brc1ccc(-c2cnc3c(c2)oc2ccccc23)nc1. The molecule has 3 nitrogen and oxygen atoms in total. The molecule has 0 amide bonds. The molecule has 0 saturated carbocycles. The molecule has 96 valence electrons. The Morgan fingerprint density at radius 1 is 0.900 bits per heavy atom. The van der Waals surface area contributed by atoms with Crippen LogP contribution >= 0.6 is 15.9 Å². The van der Waals surface area contributed by atoms with Gasteiger partial charge in [-0.3, -0.25) is 9.97 Å². The third-order valence-electron chi connectivity index (χ3n) is 3.24. The highest BCUT2D eigenvalue weighted by Crippen LogP contribution is 2.29. The van der Waals surface area contributed by atoms with E-state index in [-0.39, 0.29) is 0 Å². The highest BCUT2D eigenvalue weighted by Gasteiger charge is 2.09. The molecule has 0 spiro atoms. The first-order valence-corrected chi connectivity index (χ1v) is 7.00. The van der Waals surface area contributed by atoms with Crippen LogP contribution in [0.3, 0.4) is 0 Å². The van der Waals surface area contributed by atoms with Gasteiger partial charge in [0.2, 0.25) is 0 Å². The number of benzene rings is 1. The van der Waals surface area contributed by atoms with Gasteiger partial charge >= 0.3 is 0 Å². The maximum atomic E-state index is 5.84. The van der Waals surface area contributed by atoms with Crippen molar-refractivity contribution in [3.63, 3.8) is 0 Å². The zero-order valence-corrected chi connectivity index (χ0v) is 12.0. The molecule has 4 aromatic rings. The molecule has 20 heavy (non-hydrogen) atoms. The highest BCUT2D eigenvalue weighted by molar-refractivity contribution is 9.10. The summed E-state index contributed by atoms with van der Waals surface area (Å²) < 4.78 is 6.80. The smallest absolute Gasteiger partial charge is 0.154 e. The number of fused-ring (bicyclic) bond motifs is 3. The van der Waals surface area contributed by atoms with Crippen molar-refractivity contribution in [1.29, 1.82) is 0 Å². The zero-order chi connectivity index (χ0) is 13.5. The number of para-hydroxylation sites is 1. The lowest BCUT2D eigenvalue weighted by atomic mass is 10.1.